The Morgan fingerprint density at radius 3 is 2.30 bits per heavy atom. The molecule has 8 heteroatoms. The molecule has 0 amide bonds. The Hall–Kier alpha value is -1.12. The molecule has 0 aromatic heterocycles. The molecular weight excluding hydrogens is 380 g/mol. The lowest BCUT2D eigenvalue weighted by Gasteiger charge is -2.28. The second-order valence-corrected chi connectivity index (χ2v) is 8.55. The summed E-state index contributed by atoms with van der Waals surface area (Å²) >= 11 is 3.28. The van der Waals surface area contributed by atoms with Gasteiger partial charge in [0, 0.05) is 17.6 Å². The smallest absolute Gasteiger partial charge is 0.241 e. The number of halogens is 1. The summed E-state index contributed by atoms with van der Waals surface area (Å²) < 4.78 is 28.0. The number of guanidine groups is 1. The van der Waals surface area contributed by atoms with Crippen LogP contribution in [0.15, 0.2) is 33.6 Å². The molecule has 1 aliphatic rings. The molecule has 1 aromatic carbocycles. The van der Waals surface area contributed by atoms with Crippen LogP contribution in [0.2, 0.25) is 0 Å². The molecule has 0 radical (unpaired) electrons. The number of nitrogens with two attached hydrogens (primary N) is 1. The molecule has 0 bridgehead atoms. The van der Waals surface area contributed by atoms with E-state index in [1.807, 2.05) is 0 Å². The predicted molar refractivity (Wildman–Crippen MR) is 94.7 cm³/mol. The quantitative estimate of drug-likeness (QED) is 0.431. The summed E-state index contributed by atoms with van der Waals surface area (Å²) in [4.78, 5) is 0.277. The van der Waals surface area contributed by atoms with Crippen LogP contribution in [0.1, 0.15) is 25.7 Å². The Morgan fingerprint density at radius 2 is 1.74 bits per heavy atom. The van der Waals surface area contributed by atoms with Gasteiger partial charge in [-0.25, -0.2) is 13.1 Å². The molecule has 5 N–H and O–H groups in total. The third-order valence-electron chi connectivity index (χ3n) is 4.24. The molecule has 0 unspecified atom stereocenters. The van der Waals surface area contributed by atoms with Crippen molar-refractivity contribution >= 4 is 31.9 Å². The van der Waals surface area contributed by atoms with E-state index >= 15 is 0 Å². The lowest BCUT2D eigenvalue weighted by atomic mass is 9.82. The van der Waals surface area contributed by atoms with Gasteiger partial charge in [-0.05, 0) is 65.6 Å². The first-order valence-electron chi connectivity index (χ1n) is 7.70. The lowest BCUT2D eigenvalue weighted by Crippen LogP contribution is -2.37. The van der Waals surface area contributed by atoms with E-state index in [0.29, 0.717) is 22.9 Å². The second kappa shape index (κ2) is 8.12. The van der Waals surface area contributed by atoms with Gasteiger partial charge in [0.2, 0.25) is 10.0 Å². The number of hydrogen-bond acceptors (Lipinski definition) is 3. The first-order chi connectivity index (χ1) is 10.9. The highest BCUT2D eigenvalue weighted by atomic mass is 79.9. The zero-order valence-corrected chi connectivity index (χ0v) is 15.3. The van der Waals surface area contributed by atoms with Gasteiger partial charge in [-0.1, -0.05) is 12.1 Å². The molecule has 1 saturated carbocycles. The summed E-state index contributed by atoms with van der Waals surface area (Å²) in [5, 5.41) is 10.0. The number of rotatable bonds is 6. The highest BCUT2D eigenvalue weighted by Crippen LogP contribution is 2.28. The van der Waals surface area contributed by atoms with Gasteiger partial charge < -0.3 is 11.1 Å². The average Bonchev–Trinajstić information content (AvgIpc) is 2.52. The summed E-state index contributed by atoms with van der Waals surface area (Å²) in [6, 6.07) is 6.82. The van der Waals surface area contributed by atoms with Crippen molar-refractivity contribution in [3.05, 3.63) is 28.7 Å². The van der Waals surface area contributed by atoms with Crippen molar-refractivity contribution in [3.63, 3.8) is 0 Å². The van der Waals surface area contributed by atoms with Crippen molar-refractivity contribution in [2.24, 2.45) is 17.6 Å². The minimum atomic E-state index is -3.48. The van der Waals surface area contributed by atoms with E-state index in [1.165, 1.54) is 0 Å². The van der Waals surface area contributed by atoms with Gasteiger partial charge in [-0.3, -0.25) is 5.41 Å². The average molecular weight is 403 g/mol. The molecule has 1 aromatic rings. The molecule has 23 heavy (non-hydrogen) atoms. The molecule has 6 nitrogen and oxygen atoms in total. The Kier molecular flexibility index (Phi) is 6.43. The molecule has 0 atom stereocenters. The third kappa shape index (κ3) is 5.47. The first-order valence-corrected chi connectivity index (χ1v) is 9.98. The maximum Gasteiger partial charge on any atom is 0.241 e. The SMILES string of the molecule is N=C(N)NC[C@H]1CC[C@H](CNS(=O)(=O)c2ccccc2Br)CC1. The van der Waals surface area contributed by atoms with Gasteiger partial charge >= 0.3 is 0 Å². The van der Waals surface area contributed by atoms with Crippen LogP contribution < -0.4 is 15.8 Å². The molecule has 0 saturated heterocycles. The Bertz CT molecular complexity index is 643. The van der Waals surface area contributed by atoms with Crippen molar-refractivity contribution in [1.82, 2.24) is 10.0 Å². The van der Waals surface area contributed by atoms with Gasteiger partial charge in [0.1, 0.15) is 0 Å². The van der Waals surface area contributed by atoms with Crippen LogP contribution in [0.4, 0.5) is 0 Å². The normalized spacial score (nSPS) is 21.8. The summed E-state index contributed by atoms with van der Waals surface area (Å²) in [6.45, 7) is 1.20. The number of nitrogens with one attached hydrogen (secondary N) is 3. The molecular formula is C15H23BrN4O2S. The number of hydrogen-bond donors (Lipinski definition) is 4. The number of sulfonamides is 1. The molecule has 0 spiro atoms. The molecule has 1 fully saturated rings. The third-order valence-corrected chi connectivity index (χ3v) is 6.67. The van der Waals surface area contributed by atoms with Crippen LogP contribution >= 0.6 is 15.9 Å². The summed E-state index contributed by atoms with van der Waals surface area (Å²) in [5.41, 5.74) is 5.29. The fourth-order valence-electron chi connectivity index (χ4n) is 2.86. The van der Waals surface area contributed by atoms with Crippen molar-refractivity contribution in [2.75, 3.05) is 13.1 Å². The van der Waals surface area contributed by atoms with Crippen LogP contribution in [0.5, 0.6) is 0 Å². The lowest BCUT2D eigenvalue weighted by molar-refractivity contribution is 0.275. The maximum absolute atomic E-state index is 12.3. The van der Waals surface area contributed by atoms with Crippen molar-refractivity contribution in [1.29, 1.82) is 5.41 Å². The number of benzene rings is 1. The fraction of sp³-hybridized carbons (Fsp3) is 0.533. The summed E-state index contributed by atoms with van der Waals surface area (Å²) in [7, 11) is -3.48. The van der Waals surface area contributed by atoms with Gasteiger partial charge in [0.25, 0.3) is 0 Å². The van der Waals surface area contributed by atoms with E-state index in [4.69, 9.17) is 11.1 Å². The van der Waals surface area contributed by atoms with Crippen LogP contribution in [-0.4, -0.2) is 27.5 Å². The maximum atomic E-state index is 12.3. The summed E-state index contributed by atoms with van der Waals surface area (Å²) in [5.74, 6) is 0.879. The molecule has 2 rings (SSSR count). The predicted octanol–water partition coefficient (Wildman–Crippen LogP) is 2.02. The van der Waals surface area contributed by atoms with E-state index in [1.54, 1.807) is 24.3 Å². The van der Waals surface area contributed by atoms with E-state index in [-0.39, 0.29) is 10.9 Å². The van der Waals surface area contributed by atoms with Crippen LogP contribution in [0.25, 0.3) is 0 Å². The summed E-state index contributed by atoms with van der Waals surface area (Å²) in [6.07, 6.45) is 4.04. The largest absolute Gasteiger partial charge is 0.370 e. The topological polar surface area (TPSA) is 108 Å². The van der Waals surface area contributed by atoms with Crippen LogP contribution in [0, 0.1) is 17.2 Å². The monoisotopic (exact) mass is 402 g/mol. The van der Waals surface area contributed by atoms with Gasteiger partial charge in [-0.15, -0.1) is 0 Å². The van der Waals surface area contributed by atoms with Crippen LogP contribution in [0.3, 0.4) is 0 Å². The molecule has 1 aliphatic carbocycles. The molecule has 128 valence electrons. The van der Waals surface area contributed by atoms with Crippen molar-refractivity contribution in [2.45, 2.75) is 30.6 Å². The minimum absolute atomic E-state index is 0.00771. The van der Waals surface area contributed by atoms with Crippen LogP contribution in [-0.2, 0) is 10.0 Å². The van der Waals surface area contributed by atoms with Crippen molar-refractivity contribution < 1.29 is 8.42 Å². The van der Waals surface area contributed by atoms with E-state index in [9.17, 15) is 8.42 Å². The zero-order chi connectivity index (χ0) is 16.9. The highest BCUT2D eigenvalue weighted by molar-refractivity contribution is 9.10. The van der Waals surface area contributed by atoms with Crippen molar-refractivity contribution in [3.8, 4) is 0 Å². The Morgan fingerprint density at radius 1 is 1.17 bits per heavy atom. The van der Waals surface area contributed by atoms with E-state index in [2.05, 4.69) is 26.0 Å². The molecule has 0 aliphatic heterocycles. The zero-order valence-electron chi connectivity index (χ0n) is 12.9. The van der Waals surface area contributed by atoms with Gasteiger partial charge in [0.05, 0.1) is 4.90 Å². The Labute approximate surface area is 145 Å². The minimum Gasteiger partial charge on any atom is -0.370 e. The van der Waals surface area contributed by atoms with E-state index in [0.717, 1.165) is 32.2 Å². The van der Waals surface area contributed by atoms with E-state index < -0.39 is 10.0 Å². The highest BCUT2D eigenvalue weighted by Gasteiger charge is 2.24. The Balaban J connectivity index is 1.81. The first kappa shape index (κ1) is 18.2. The van der Waals surface area contributed by atoms with Gasteiger partial charge in [0.15, 0.2) is 5.96 Å². The molecule has 0 heterocycles. The fourth-order valence-corrected chi connectivity index (χ4v) is 4.98. The van der Waals surface area contributed by atoms with Gasteiger partial charge in [-0.2, -0.15) is 0 Å². The second-order valence-electron chi connectivity index (χ2n) is 5.96. The standard InChI is InChI=1S/C15H23BrN4O2S/c16-13-3-1-2-4-14(13)23(21,22)20-10-12-7-5-11(6-8-12)9-19-15(17)18/h1-4,11-12,20H,5-10H2,(H4,17,18,19)/t11-,12-.